The van der Waals surface area contributed by atoms with Gasteiger partial charge in [-0.15, -0.1) is 11.6 Å². The third-order valence-electron chi connectivity index (χ3n) is 0.959. The molecule has 0 radical (unpaired) electrons. The Morgan fingerprint density at radius 3 is 2.30 bits per heavy atom. The van der Waals surface area contributed by atoms with Crippen molar-refractivity contribution >= 4 is 23.2 Å². The Morgan fingerprint density at radius 2 is 2.00 bits per heavy atom. The summed E-state index contributed by atoms with van der Waals surface area (Å²) in [7, 11) is 0. The molecule has 0 fully saturated rings. The lowest BCUT2D eigenvalue weighted by atomic mass is 10.4. The summed E-state index contributed by atoms with van der Waals surface area (Å²) in [5, 5.41) is 8.87. The van der Waals surface area contributed by atoms with E-state index in [2.05, 4.69) is 0 Å². The summed E-state index contributed by atoms with van der Waals surface area (Å²) in [5.74, 6) is 0.385. The van der Waals surface area contributed by atoms with Crippen LogP contribution >= 0.6 is 23.2 Å². The molecule has 4 heteroatoms. The van der Waals surface area contributed by atoms with Crippen molar-refractivity contribution in [3.8, 4) is 0 Å². The lowest BCUT2D eigenvalue weighted by molar-refractivity contribution is -0.0115. The highest BCUT2D eigenvalue weighted by Crippen LogP contribution is 2.08. The van der Waals surface area contributed by atoms with Crippen molar-refractivity contribution in [1.82, 2.24) is 0 Å². The highest BCUT2D eigenvalue weighted by molar-refractivity contribution is 6.20. The van der Waals surface area contributed by atoms with Crippen LogP contribution in [0.5, 0.6) is 0 Å². The standard InChI is InChI=1S/C6H12Cl2O2/c1-4(3-7)10-6(8)5(2)9/h4-6,9H,3H2,1-2H3. The van der Waals surface area contributed by atoms with E-state index in [1.807, 2.05) is 0 Å². The number of halogens is 2. The van der Waals surface area contributed by atoms with Crippen LogP contribution in [0, 0.1) is 0 Å². The van der Waals surface area contributed by atoms with Gasteiger partial charge in [0, 0.05) is 5.88 Å². The fraction of sp³-hybridized carbons (Fsp3) is 1.00. The minimum Gasteiger partial charge on any atom is -0.389 e. The van der Waals surface area contributed by atoms with Crippen LogP contribution < -0.4 is 0 Å². The van der Waals surface area contributed by atoms with Gasteiger partial charge >= 0.3 is 0 Å². The lowest BCUT2D eigenvalue weighted by Crippen LogP contribution is -2.25. The molecule has 0 rings (SSSR count). The molecular formula is C6H12Cl2O2. The van der Waals surface area contributed by atoms with E-state index in [0.29, 0.717) is 5.88 Å². The monoisotopic (exact) mass is 186 g/mol. The summed E-state index contributed by atoms with van der Waals surface area (Å²) in [6.45, 7) is 3.36. The van der Waals surface area contributed by atoms with E-state index < -0.39 is 11.7 Å². The molecule has 0 spiro atoms. The summed E-state index contributed by atoms with van der Waals surface area (Å²) >= 11 is 11.0. The number of alkyl halides is 2. The average Bonchev–Trinajstić information content (AvgIpc) is 1.87. The SMILES string of the molecule is CC(CCl)OC(Cl)C(C)O. The molecule has 0 aromatic rings. The van der Waals surface area contributed by atoms with Crippen LogP contribution in [-0.2, 0) is 4.74 Å². The van der Waals surface area contributed by atoms with E-state index in [1.54, 1.807) is 13.8 Å². The van der Waals surface area contributed by atoms with E-state index in [4.69, 9.17) is 33.0 Å². The molecule has 0 amide bonds. The topological polar surface area (TPSA) is 29.5 Å². The first-order chi connectivity index (χ1) is 4.57. The minimum atomic E-state index is -0.660. The van der Waals surface area contributed by atoms with Gasteiger partial charge in [-0.3, -0.25) is 0 Å². The highest BCUT2D eigenvalue weighted by Gasteiger charge is 2.14. The van der Waals surface area contributed by atoms with Crippen LogP contribution in [0.25, 0.3) is 0 Å². The average molecular weight is 187 g/mol. The van der Waals surface area contributed by atoms with Crippen molar-refractivity contribution in [2.45, 2.75) is 31.6 Å². The van der Waals surface area contributed by atoms with E-state index in [-0.39, 0.29) is 6.10 Å². The minimum absolute atomic E-state index is 0.112. The molecule has 0 aliphatic carbocycles. The molecule has 2 nitrogen and oxygen atoms in total. The summed E-state index contributed by atoms with van der Waals surface area (Å²) in [6, 6.07) is 0. The Bertz CT molecular complexity index is 87.8. The van der Waals surface area contributed by atoms with Gasteiger partial charge in [-0.2, -0.15) is 0 Å². The molecule has 3 atom stereocenters. The van der Waals surface area contributed by atoms with E-state index in [9.17, 15) is 0 Å². The van der Waals surface area contributed by atoms with Crippen molar-refractivity contribution in [3.63, 3.8) is 0 Å². The van der Waals surface area contributed by atoms with Crippen molar-refractivity contribution in [1.29, 1.82) is 0 Å². The summed E-state index contributed by atoms with van der Waals surface area (Å²) in [6.07, 6.45) is -0.772. The second-order valence-electron chi connectivity index (χ2n) is 2.19. The Hall–Kier alpha value is 0.500. The third kappa shape index (κ3) is 4.34. The van der Waals surface area contributed by atoms with Crippen molar-refractivity contribution < 1.29 is 9.84 Å². The largest absolute Gasteiger partial charge is 0.389 e. The van der Waals surface area contributed by atoms with Gasteiger partial charge < -0.3 is 9.84 Å². The van der Waals surface area contributed by atoms with Crippen LogP contribution in [-0.4, -0.2) is 28.8 Å². The first-order valence-corrected chi connectivity index (χ1v) is 4.08. The first kappa shape index (κ1) is 10.5. The van der Waals surface area contributed by atoms with E-state index in [0.717, 1.165) is 0 Å². The first-order valence-electron chi connectivity index (χ1n) is 3.11. The maximum Gasteiger partial charge on any atom is 0.156 e. The fourth-order valence-electron chi connectivity index (χ4n) is 0.372. The third-order valence-corrected chi connectivity index (χ3v) is 1.86. The highest BCUT2D eigenvalue weighted by atomic mass is 35.5. The number of hydrogen-bond donors (Lipinski definition) is 1. The van der Waals surface area contributed by atoms with Crippen LogP contribution in [0.1, 0.15) is 13.8 Å². The zero-order valence-corrected chi connectivity index (χ0v) is 7.56. The van der Waals surface area contributed by atoms with Gasteiger partial charge in [0.25, 0.3) is 0 Å². The Kier molecular flexibility index (Phi) is 5.45. The zero-order valence-electron chi connectivity index (χ0n) is 6.05. The van der Waals surface area contributed by atoms with Gasteiger partial charge in [-0.05, 0) is 13.8 Å². The Balaban J connectivity index is 3.46. The predicted octanol–water partition coefficient (Wildman–Crippen LogP) is 1.58. The Morgan fingerprint density at radius 1 is 1.50 bits per heavy atom. The molecule has 62 valence electrons. The predicted molar refractivity (Wildman–Crippen MR) is 42.6 cm³/mol. The van der Waals surface area contributed by atoms with Crippen LogP contribution in [0.3, 0.4) is 0 Å². The van der Waals surface area contributed by atoms with Crippen LogP contribution in [0.2, 0.25) is 0 Å². The normalized spacial score (nSPS) is 20.1. The molecule has 0 heterocycles. The molecule has 0 saturated heterocycles. The molecule has 0 aromatic carbocycles. The van der Waals surface area contributed by atoms with Gasteiger partial charge in [-0.1, -0.05) is 11.6 Å². The smallest absolute Gasteiger partial charge is 0.156 e. The van der Waals surface area contributed by atoms with Gasteiger partial charge in [0.1, 0.15) is 0 Å². The van der Waals surface area contributed by atoms with Gasteiger partial charge in [-0.25, -0.2) is 0 Å². The molecule has 10 heavy (non-hydrogen) atoms. The maximum absolute atomic E-state index is 8.87. The summed E-state index contributed by atoms with van der Waals surface area (Å²) < 4.78 is 5.04. The van der Waals surface area contributed by atoms with Crippen LogP contribution in [0.15, 0.2) is 0 Å². The van der Waals surface area contributed by atoms with Crippen molar-refractivity contribution in [3.05, 3.63) is 0 Å². The molecular weight excluding hydrogens is 175 g/mol. The quantitative estimate of drug-likeness (QED) is 0.677. The summed E-state index contributed by atoms with van der Waals surface area (Å²) in [5.41, 5.74) is -0.659. The molecule has 0 saturated carbocycles. The second-order valence-corrected chi connectivity index (χ2v) is 2.93. The van der Waals surface area contributed by atoms with Crippen molar-refractivity contribution in [2.24, 2.45) is 0 Å². The van der Waals surface area contributed by atoms with Crippen LogP contribution in [0.4, 0.5) is 0 Å². The summed E-state index contributed by atoms with van der Waals surface area (Å²) in [4.78, 5) is 0. The molecule has 0 aliphatic heterocycles. The molecule has 1 N–H and O–H groups in total. The van der Waals surface area contributed by atoms with Gasteiger partial charge in [0.15, 0.2) is 5.56 Å². The van der Waals surface area contributed by atoms with Gasteiger partial charge in [0.2, 0.25) is 0 Å². The number of aliphatic hydroxyl groups is 1. The second kappa shape index (κ2) is 5.19. The van der Waals surface area contributed by atoms with E-state index >= 15 is 0 Å². The molecule has 0 aliphatic rings. The maximum atomic E-state index is 8.87. The molecule has 0 bridgehead atoms. The number of ether oxygens (including phenoxy) is 1. The fourth-order valence-corrected chi connectivity index (χ4v) is 0.620. The van der Waals surface area contributed by atoms with Gasteiger partial charge in [0.05, 0.1) is 12.2 Å². The molecule has 0 aromatic heterocycles. The van der Waals surface area contributed by atoms with Crippen molar-refractivity contribution in [2.75, 3.05) is 5.88 Å². The number of hydrogen-bond acceptors (Lipinski definition) is 2. The number of rotatable bonds is 4. The zero-order chi connectivity index (χ0) is 8.15. The van der Waals surface area contributed by atoms with E-state index in [1.165, 1.54) is 0 Å². The Labute approximate surface area is 71.1 Å². The molecule has 3 unspecified atom stereocenters. The lowest BCUT2D eigenvalue weighted by Gasteiger charge is -2.17. The number of aliphatic hydroxyl groups excluding tert-OH is 1.